The molecule has 0 fully saturated rings. The summed E-state index contributed by atoms with van der Waals surface area (Å²) in [4.78, 5) is 21.9. The van der Waals surface area contributed by atoms with Crippen molar-refractivity contribution in [2.45, 2.75) is 6.42 Å². The molecular weight excluding hydrogens is 198 g/mol. The van der Waals surface area contributed by atoms with Crippen LogP contribution in [0.2, 0.25) is 0 Å². The van der Waals surface area contributed by atoms with E-state index in [-0.39, 0.29) is 6.42 Å². The summed E-state index contributed by atoms with van der Waals surface area (Å²) in [6.07, 6.45) is -0.121. The van der Waals surface area contributed by atoms with Crippen molar-refractivity contribution in [2.24, 2.45) is 7.05 Å². The topological polar surface area (TPSA) is 72.4 Å². The van der Waals surface area contributed by atoms with Gasteiger partial charge in [-0.05, 0) is 11.6 Å². The largest absolute Gasteiger partial charge is 0.481 e. The van der Waals surface area contributed by atoms with E-state index in [2.05, 4.69) is 0 Å². The molecule has 0 saturated carbocycles. The number of aryl methyl sites for hydroxylation is 1. The van der Waals surface area contributed by atoms with E-state index in [0.717, 1.165) is 0 Å². The Kier molecular flexibility index (Phi) is 2.07. The lowest BCUT2D eigenvalue weighted by molar-refractivity contribution is -0.136. The zero-order valence-electron chi connectivity index (χ0n) is 8.06. The second-order valence-electron chi connectivity index (χ2n) is 3.26. The van der Waals surface area contributed by atoms with Crippen molar-refractivity contribution in [1.82, 2.24) is 4.74 Å². The SMILES string of the molecule is Cn1oc(=O)c2cccc(CC(=O)O)c21. The van der Waals surface area contributed by atoms with Gasteiger partial charge in [-0.1, -0.05) is 12.1 Å². The molecule has 1 aromatic heterocycles. The molecule has 1 heterocycles. The van der Waals surface area contributed by atoms with Crippen LogP contribution in [0.15, 0.2) is 27.5 Å². The molecule has 0 radical (unpaired) electrons. The smallest absolute Gasteiger partial charge is 0.365 e. The van der Waals surface area contributed by atoms with E-state index in [4.69, 9.17) is 9.63 Å². The summed E-state index contributed by atoms with van der Waals surface area (Å²) in [7, 11) is 1.58. The third kappa shape index (κ3) is 1.52. The average Bonchev–Trinajstić information content (AvgIpc) is 2.43. The average molecular weight is 207 g/mol. The summed E-state index contributed by atoms with van der Waals surface area (Å²) < 4.78 is 6.16. The number of aromatic nitrogens is 1. The standard InChI is InChI=1S/C10H9NO4/c1-11-9-6(5-8(12)13)3-2-4-7(9)10(14)15-11/h2-4H,5H2,1H3,(H,12,13). The van der Waals surface area contributed by atoms with Crippen molar-refractivity contribution in [1.29, 1.82) is 0 Å². The van der Waals surface area contributed by atoms with Crippen LogP contribution in [0.1, 0.15) is 5.56 Å². The van der Waals surface area contributed by atoms with Gasteiger partial charge in [-0.3, -0.25) is 4.79 Å². The maximum atomic E-state index is 11.3. The Morgan fingerprint density at radius 1 is 1.53 bits per heavy atom. The second kappa shape index (κ2) is 3.27. The number of hydrogen-bond donors (Lipinski definition) is 1. The summed E-state index contributed by atoms with van der Waals surface area (Å²) in [5.74, 6) is -0.934. The predicted molar refractivity (Wildman–Crippen MR) is 52.8 cm³/mol. The number of rotatable bonds is 2. The number of aliphatic carboxylic acids is 1. The number of benzene rings is 1. The number of carbonyl (C=O) groups is 1. The maximum absolute atomic E-state index is 11.3. The molecule has 78 valence electrons. The third-order valence-electron chi connectivity index (χ3n) is 2.22. The van der Waals surface area contributed by atoms with Gasteiger partial charge >= 0.3 is 11.6 Å². The van der Waals surface area contributed by atoms with Crippen molar-refractivity contribution in [2.75, 3.05) is 0 Å². The Hall–Kier alpha value is -2.04. The van der Waals surface area contributed by atoms with Crippen molar-refractivity contribution >= 4 is 16.9 Å². The first kappa shape index (κ1) is 9.51. The van der Waals surface area contributed by atoms with Crippen LogP contribution in [0, 0.1) is 0 Å². The van der Waals surface area contributed by atoms with Gasteiger partial charge in [-0.2, -0.15) is 0 Å². The van der Waals surface area contributed by atoms with E-state index in [1.165, 1.54) is 4.74 Å². The molecular formula is C10H9NO4. The minimum absolute atomic E-state index is 0.121. The highest BCUT2D eigenvalue weighted by Gasteiger charge is 2.12. The molecule has 0 bridgehead atoms. The van der Waals surface area contributed by atoms with Crippen molar-refractivity contribution in [3.05, 3.63) is 34.2 Å². The van der Waals surface area contributed by atoms with Gasteiger partial charge in [0.05, 0.1) is 17.3 Å². The molecule has 0 atom stereocenters. The lowest BCUT2D eigenvalue weighted by atomic mass is 10.1. The normalized spacial score (nSPS) is 10.7. The monoisotopic (exact) mass is 207 g/mol. The van der Waals surface area contributed by atoms with E-state index in [1.54, 1.807) is 25.2 Å². The zero-order valence-corrected chi connectivity index (χ0v) is 8.06. The summed E-state index contributed by atoms with van der Waals surface area (Å²) in [5.41, 5.74) is 0.679. The van der Waals surface area contributed by atoms with Crippen molar-refractivity contribution < 1.29 is 14.4 Å². The molecule has 0 unspecified atom stereocenters. The van der Waals surface area contributed by atoms with Gasteiger partial charge < -0.3 is 9.63 Å². The molecule has 5 heteroatoms. The number of hydrogen-bond acceptors (Lipinski definition) is 3. The van der Waals surface area contributed by atoms with E-state index in [9.17, 15) is 9.59 Å². The fraction of sp³-hybridized carbons (Fsp3) is 0.200. The third-order valence-corrected chi connectivity index (χ3v) is 2.22. The fourth-order valence-corrected chi connectivity index (χ4v) is 1.65. The van der Waals surface area contributed by atoms with Gasteiger partial charge in [0.1, 0.15) is 0 Å². The highest BCUT2D eigenvalue weighted by Crippen LogP contribution is 2.16. The van der Waals surface area contributed by atoms with Gasteiger partial charge in [0, 0.05) is 7.05 Å². The summed E-state index contributed by atoms with van der Waals surface area (Å²) in [6.45, 7) is 0. The Labute approximate surface area is 84.5 Å². The molecule has 0 spiro atoms. The molecule has 0 aliphatic heterocycles. The predicted octanol–water partition coefficient (Wildman–Crippen LogP) is 0.759. The first-order valence-electron chi connectivity index (χ1n) is 4.39. The molecule has 1 aromatic carbocycles. The Morgan fingerprint density at radius 3 is 2.93 bits per heavy atom. The van der Waals surface area contributed by atoms with Crippen LogP contribution in [0.3, 0.4) is 0 Å². The van der Waals surface area contributed by atoms with Crippen LogP contribution in [-0.2, 0) is 18.3 Å². The van der Waals surface area contributed by atoms with Crippen LogP contribution >= 0.6 is 0 Å². The van der Waals surface area contributed by atoms with Gasteiger partial charge in [0.2, 0.25) is 0 Å². The molecule has 0 amide bonds. The molecule has 2 rings (SSSR count). The molecule has 1 N–H and O–H groups in total. The van der Waals surface area contributed by atoms with Gasteiger partial charge in [-0.15, -0.1) is 0 Å². The Bertz CT molecular complexity index is 579. The molecule has 2 aromatic rings. The lowest BCUT2D eigenvalue weighted by Gasteiger charge is -2.00. The van der Waals surface area contributed by atoms with E-state index in [0.29, 0.717) is 16.5 Å². The quantitative estimate of drug-likeness (QED) is 0.789. The fourth-order valence-electron chi connectivity index (χ4n) is 1.65. The first-order chi connectivity index (χ1) is 7.09. The van der Waals surface area contributed by atoms with Gasteiger partial charge in [-0.25, -0.2) is 9.53 Å². The molecule has 5 nitrogen and oxygen atoms in total. The molecule has 0 aliphatic carbocycles. The number of para-hydroxylation sites is 1. The van der Waals surface area contributed by atoms with Gasteiger partial charge in [0.15, 0.2) is 0 Å². The minimum Gasteiger partial charge on any atom is -0.481 e. The Balaban J connectivity index is 2.75. The summed E-state index contributed by atoms with van der Waals surface area (Å²) >= 11 is 0. The van der Waals surface area contributed by atoms with Crippen molar-refractivity contribution in [3.63, 3.8) is 0 Å². The lowest BCUT2D eigenvalue weighted by Crippen LogP contribution is -2.02. The van der Waals surface area contributed by atoms with E-state index in [1.807, 2.05) is 0 Å². The molecule has 0 saturated heterocycles. The second-order valence-corrected chi connectivity index (χ2v) is 3.26. The maximum Gasteiger partial charge on any atom is 0.365 e. The Morgan fingerprint density at radius 2 is 2.27 bits per heavy atom. The summed E-state index contributed by atoms with van der Waals surface area (Å²) in [5, 5.41) is 9.12. The highest BCUT2D eigenvalue weighted by atomic mass is 16.5. The van der Waals surface area contributed by atoms with E-state index >= 15 is 0 Å². The number of nitrogens with zero attached hydrogens (tertiary/aromatic N) is 1. The van der Waals surface area contributed by atoms with Crippen molar-refractivity contribution in [3.8, 4) is 0 Å². The van der Waals surface area contributed by atoms with Crippen LogP contribution in [0.4, 0.5) is 0 Å². The minimum atomic E-state index is -0.934. The number of carboxylic acids is 1. The number of fused-ring (bicyclic) bond motifs is 1. The zero-order chi connectivity index (χ0) is 11.0. The van der Waals surface area contributed by atoms with E-state index < -0.39 is 11.6 Å². The molecule has 15 heavy (non-hydrogen) atoms. The van der Waals surface area contributed by atoms with Gasteiger partial charge in [0.25, 0.3) is 0 Å². The van der Waals surface area contributed by atoms with Crippen LogP contribution in [-0.4, -0.2) is 15.8 Å². The molecule has 0 aliphatic rings. The highest BCUT2D eigenvalue weighted by molar-refractivity contribution is 5.85. The van der Waals surface area contributed by atoms with Crippen LogP contribution in [0.5, 0.6) is 0 Å². The first-order valence-corrected chi connectivity index (χ1v) is 4.39. The van der Waals surface area contributed by atoms with Crippen LogP contribution < -0.4 is 5.63 Å². The number of carboxylic acid groups (broad SMARTS) is 1. The summed E-state index contributed by atoms with van der Waals surface area (Å²) in [6, 6.07) is 4.94. The van der Waals surface area contributed by atoms with Crippen LogP contribution in [0.25, 0.3) is 10.9 Å².